The first kappa shape index (κ1) is 15.7. The average Bonchev–Trinajstić information content (AvgIpc) is 3.29. The smallest absolute Gasteiger partial charge is 0.180 e. The molecule has 1 aliphatic heterocycles. The van der Waals surface area contributed by atoms with Crippen molar-refractivity contribution in [1.29, 1.82) is 0 Å². The van der Waals surface area contributed by atoms with Gasteiger partial charge < -0.3 is 5.73 Å². The third-order valence-electron chi connectivity index (χ3n) is 4.91. The number of thiazole rings is 2. The Morgan fingerprint density at radius 3 is 2.54 bits per heavy atom. The predicted molar refractivity (Wildman–Crippen MR) is 100 cm³/mol. The quantitative estimate of drug-likeness (QED) is 0.773. The van der Waals surface area contributed by atoms with Crippen LogP contribution in [0.1, 0.15) is 29.0 Å². The van der Waals surface area contributed by atoms with Crippen LogP contribution in [0.3, 0.4) is 0 Å². The number of nitrogens with zero attached hydrogens (tertiary/aromatic N) is 3. The fraction of sp³-hybridized carbons (Fsp3) is 0.333. The fourth-order valence-electron chi connectivity index (χ4n) is 3.59. The van der Waals surface area contributed by atoms with Gasteiger partial charge in [0.1, 0.15) is 0 Å². The van der Waals surface area contributed by atoms with Crippen molar-refractivity contribution in [3.8, 4) is 0 Å². The number of hydrogen-bond acceptors (Lipinski definition) is 6. The summed E-state index contributed by atoms with van der Waals surface area (Å²) in [5.74, 6) is 0. The summed E-state index contributed by atoms with van der Waals surface area (Å²) >= 11 is 3.27. The molecule has 0 bridgehead atoms. The van der Waals surface area contributed by atoms with E-state index >= 15 is 0 Å². The van der Waals surface area contributed by atoms with E-state index in [-0.39, 0.29) is 5.41 Å². The van der Waals surface area contributed by atoms with E-state index in [0.717, 1.165) is 38.2 Å². The highest BCUT2D eigenvalue weighted by molar-refractivity contribution is 7.13. The predicted octanol–water partition coefficient (Wildman–Crippen LogP) is 3.76. The molecule has 4 rings (SSSR count). The maximum Gasteiger partial charge on any atom is 0.180 e. The van der Waals surface area contributed by atoms with Gasteiger partial charge in [0, 0.05) is 28.4 Å². The van der Waals surface area contributed by atoms with Crippen molar-refractivity contribution in [2.45, 2.75) is 24.8 Å². The third-order valence-corrected chi connectivity index (χ3v) is 6.35. The van der Waals surface area contributed by atoms with E-state index in [9.17, 15) is 0 Å². The number of rotatable bonds is 4. The highest BCUT2D eigenvalue weighted by Gasteiger charge is 2.39. The van der Waals surface area contributed by atoms with Gasteiger partial charge in [-0.1, -0.05) is 30.3 Å². The van der Waals surface area contributed by atoms with Crippen LogP contribution in [0, 0.1) is 0 Å². The number of aromatic nitrogens is 2. The second kappa shape index (κ2) is 6.63. The van der Waals surface area contributed by atoms with Crippen molar-refractivity contribution in [1.82, 2.24) is 14.9 Å². The molecule has 1 aliphatic rings. The lowest BCUT2D eigenvalue weighted by Crippen LogP contribution is -2.43. The molecule has 24 heavy (non-hydrogen) atoms. The number of nitrogen functional groups attached to an aromatic ring is 1. The van der Waals surface area contributed by atoms with Crippen LogP contribution in [-0.2, 0) is 12.0 Å². The van der Waals surface area contributed by atoms with Crippen LogP contribution in [-0.4, -0.2) is 28.0 Å². The van der Waals surface area contributed by atoms with Gasteiger partial charge in [-0.3, -0.25) is 9.88 Å². The molecule has 1 aromatic carbocycles. The molecule has 0 aliphatic carbocycles. The maximum atomic E-state index is 5.93. The molecule has 124 valence electrons. The molecule has 1 saturated heterocycles. The third kappa shape index (κ3) is 2.97. The number of piperidine rings is 1. The summed E-state index contributed by atoms with van der Waals surface area (Å²) in [6.45, 7) is 3.11. The van der Waals surface area contributed by atoms with Gasteiger partial charge in [-0.25, -0.2) is 4.98 Å². The van der Waals surface area contributed by atoms with Crippen LogP contribution in [0.4, 0.5) is 5.13 Å². The van der Waals surface area contributed by atoms with Crippen LogP contribution < -0.4 is 5.73 Å². The van der Waals surface area contributed by atoms with Gasteiger partial charge in [0.15, 0.2) is 5.13 Å². The van der Waals surface area contributed by atoms with E-state index in [1.165, 1.54) is 10.4 Å². The molecule has 0 radical (unpaired) electrons. The summed E-state index contributed by atoms with van der Waals surface area (Å²) < 4.78 is 0. The maximum absolute atomic E-state index is 5.93. The molecular formula is C18H20N4S2. The van der Waals surface area contributed by atoms with Crippen molar-refractivity contribution < 1.29 is 0 Å². The molecule has 4 nitrogen and oxygen atoms in total. The van der Waals surface area contributed by atoms with Crippen LogP contribution in [0.2, 0.25) is 0 Å². The van der Waals surface area contributed by atoms with Crippen molar-refractivity contribution >= 4 is 27.8 Å². The van der Waals surface area contributed by atoms with Gasteiger partial charge in [0.2, 0.25) is 0 Å². The van der Waals surface area contributed by atoms with Crippen LogP contribution in [0.5, 0.6) is 0 Å². The zero-order chi connectivity index (χ0) is 16.4. The molecule has 0 unspecified atom stereocenters. The van der Waals surface area contributed by atoms with Crippen molar-refractivity contribution in [3.63, 3.8) is 0 Å². The Hall–Kier alpha value is -1.76. The molecular weight excluding hydrogens is 336 g/mol. The largest absolute Gasteiger partial charge is 0.375 e. The van der Waals surface area contributed by atoms with Gasteiger partial charge in [-0.05, 0) is 31.5 Å². The van der Waals surface area contributed by atoms with Crippen molar-refractivity contribution in [2.24, 2.45) is 0 Å². The zero-order valence-corrected chi connectivity index (χ0v) is 15.0. The Balaban J connectivity index is 1.59. The summed E-state index contributed by atoms with van der Waals surface area (Å²) in [6.07, 6.45) is 4.11. The van der Waals surface area contributed by atoms with Gasteiger partial charge in [0.05, 0.1) is 11.2 Å². The molecule has 0 atom stereocenters. The summed E-state index contributed by atoms with van der Waals surface area (Å²) in [6, 6.07) is 10.8. The molecule has 0 spiro atoms. The lowest BCUT2D eigenvalue weighted by atomic mass is 9.70. The van der Waals surface area contributed by atoms with E-state index in [0.29, 0.717) is 5.13 Å². The molecule has 0 saturated carbocycles. The molecule has 2 aromatic heterocycles. The highest BCUT2D eigenvalue weighted by Crippen LogP contribution is 2.42. The van der Waals surface area contributed by atoms with Gasteiger partial charge in [-0.15, -0.1) is 22.7 Å². The van der Waals surface area contributed by atoms with E-state index in [1.807, 2.05) is 11.7 Å². The number of anilines is 1. The van der Waals surface area contributed by atoms with Gasteiger partial charge in [0.25, 0.3) is 0 Å². The monoisotopic (exact) mass is 356 g/mol. The highest BCUT2D eigenvalue weighted by atomic mass is 32.1. The topological polar surface area (TPSA) is 55.0 Å². The van der Waals surface area contributed by atoms with Crippen LogP contribution in [0.25, 0.3) is 0 Å². The van der Waals surface area contributed by atoms with Crippen molar-refractivity contribution in [2.75, 3.05) is 18.8 Å². The van der Waals surface area contributed by atoms with Crippen LogP contribution in [0.15, 0.2) is 47.4 Å². The second-order valence-corrected chi connectivity index (χ2v) is 8.12. The SMILES string of the molecule is Nc1nc(C2(c3ccccc3)CCN(Cc3cncs3)CC2)cs1. The summed E-state index contributed by atoms with van der Waals surface area (Å²) in [7, 11) is 0. The minimum Gasteiger partial charge on any atom is -0.375 e. The minimum atomic E-state index is -0.0143. The lowest BCUT2D eigenvalue weighted by molar-refractivity contribution is 0.171. The normalized spacial score (nSPS) is 17.8. The van der Waals surface area contributed by atoms with Gasteiger partial charge >= 0.3 is 0 Å². The molecule has 2 N–H and O–H groups in total. The summed E-state index contributed by atoms with van der Waals surface area (Å²) in [5, 5.41) is 2.80. The van der Waals surface area contributed by atoms with E-state index in [2.05, 4.69) is 50.6 Å². The van der Waals surface area contributed by atoms with Crippen LogP contribution >= 0.6 is 22.7 Å². The number of likely N-dealkylation sites (tertiary alicyclic amines) is 1. The van der Waals surface area contributed by atoms with E-state index in [4.69, 9.17) is 5.73 Å². The van der Waals surface area contributed by atoms with Gasteiger partial charge in [-0.2, -0.15) is 0 Å². The Morgan fingerprint density at radius 1 is 1.12 bits per heavy atom. The Kier molecular flexibility index (Phi) is 4.35. The molecule has 3 aromatic rings. The molecule has 3 heterocycles. The molecule has 1 fully saturated rings. The van der Waals surface area contributed by atoms with E-state index < -0.39 is 0 Å². The second-order valence-electron chi connectivity index (χ2n) is 6.26. The minimum absolute atomic E-state index is 0.0143. The number of nitrogens with two attached hydrogens (primary N) is 1. The average molecular weight is 357 g/mol. The lowest BCUT2D eigenvalue weighted by Gasteiger charge is -2.41. The number of benzene rings is 1. The number of hydrogen-bond donors (Lipinski definition) is 1. The first-order valence-electron chi connectivity index (χ1n) is 8.13. The Bertz CT molecular complexity index is 774. The standard InChI is InChI=1S/C18H20N4S2/c19-17-21-16(12-23-17)18(14-4-2-1-3-5-14)6-8-22(9-7-18)11-15-10-20-13-24-15/h1-5,10,12-13H,6-9,11H2,(H2,19,21). The molecule has 6 heteroatoms. The molecule has 0 amide bonds. The zero-order valence-electron chi connectivity index (χ0n) is 13.4. The summed E-state index contributed by atoms with van der Waals surface area (Å²) in [4.78, 5) is 12.7. The summed E-state index contributed by atoms with van der Waals surface area (Å²) in [5.41, 5.74) is 10.3. The Morgan fingerprint density at radius 2 is 1.92 bits per heavy atom. The first-order valence-corrected chi connectivity index (χ1v) is 9.89. The fourth-order valence-corrected chi connectivity index (χ4v) is 4.89. The first-order chi connectivity index (χ1) is 11.8. The van der Waals surface area contributed by atoms with Crippen molar-refractivity contribution in [3.05, 3.63) is 63.6 Å². The van der Waals surface area contributed by atoms with E-state index in [1.54, 1.807) is 22.7 Å². The Labute approximate surface area is 150 Å².